The molecular formula is C24H29FN6O2. The van der Waals surface area contributed by atoms with E-state index in [0.717, 1.165) is 17.5 Å². The predicted molar refractivity (Wildman–Crippen MR) is 122 cm³/mol. The lowest BCUT2D eigenvalue weighted by Crippen LogP contribution is -2.42. The van der Waals surface area contributed by atoms with Crippen molar-refractivity contribution in [1.29, 1.82) is 0 Å². The smallest absolute Gasteiger partial charge is 0.247 e. The lowest BCUT2D eigenvalue weighted by Gasteiger charge is -2.22. The van der Waals surface area contributed by atoms with E-state index in [4.69, 9.17) is 0 Å². The Morgan fingerprint density at radius 2 is 1.79 bits per heavy atom. The van der Waals surface area contributed by atoms with Gasteiger partial charge in [0.05, 0.1) is 6.54 Å². The van der Waals surface area contributed by atoms with E-state index in [-0.39, 0.29) is 37.3 Å². The van der Waals surface area contributed by atoms with Crippen molar-refractivity contribution in [2.75, 3.05) is 13.1 Å². The minimum Gasteiger partial charge on any atom is -0.355 e. The van der Waals surface area contributed by atoms with Crippen LogP contribution in [0.25, 0.3) is 11.4 Å². The zero-order valence-corrected chi connectivity index (χ0v) is 19.2. The Bertz CT molecular complexity index is 1060. The number of carbonyl (C=O) groups excluding carboxylic acids is 2. The molecule has 3 rings (SSSR count). The third-order valence-corrected chi connectivity index (χ3v) is 5.06. The molecule has 8 nitrogen and oxygen atoms in total. The summed E-state index contributed by atoms with van der Waals surface area (Å²) in [5.74, 6) is -0.0784. The summed E-state index contributed by atoms with van der Waals surface area (Å²) in [5, 5.41) is 15.2. The van der Waals surface area contributed by atoms with E-state index in [1.165, 1.54) is 21.8 Å². The van der Waals surface area contributed by atoms with Gasteiger partial charge in [-0.05, 0) is 42.2 Å². The maximum Gasteiger partial charge on any atom is 0.247 e. The number of amides is 2. The second kappa shape index (κ2) is 11.3. The Kier molecular flexibility index (Phi) is 8.23. The summed E-state index contributed by atoms with van der Waals surface area (Å²) in [6.45, 7) is 6.56. The summed E-state index contributed by atoms with van der Waals surface area (Å²) < 4.78 is 13.3. The van der Waals surface area contributed by atoms with Crippen molar-refractivity contribution in [2.45, 2.75) is 40.3 Å². The Hall–Kier alpha value is -3.62. The van der Waals surface area contributed by atoms with Gasteiger partial charge >= 0.3 is 0 Å². The lowest BCUT2D eigenvalue weighted by molar-refractivity contribution is -0.137. The molecule has 0 aliphatic carbocycles. The van der Waals surface area contributed by atoms with Gasteiger partial charge in [-0.25, -0.2) is 4.39 Å². The number of aryl methyl sites for hydroxylation is 1. The van der Waals surface area contributed by atoms with Gasteiger partial charge in [-0.15, -0.1) is 10.2 Å². The normalized spacial score (nSPS) is 10.9. The van der Waals surface area contributed by atoms with Crippen LogP contribution in [0, 0.1) is 18.7 Å². The molecule has 0 fully saturated rings. The molecule has 2 amide bonds. The highest BCUT2D eigenvalue weighted by molar-refractivity contribution is 5.84. The molecule has 9 heteroatoms. The topological polar surface area (TPSA) is 93.0 Å². The minimum absolute atomic E-state index is 0.117. The summed E-state index contributed by atoms with van der Waals surface area (Å²) >= 11 is 0. The molecule has 0 saturated carbocycles. The molecule has 0 aliphatic rings. The summed E-state index contributed by atoms with van der Waals surface area (Å²) in [4.78, 5) is 28.1. The van der Waals surface area contributed by atoms with Crippen molar-refractivity contribution in [3.63, 3.8) is 0 Å². The van der Waals surface area contributed by atoms with Crippen LogP contribution < -0.4 is 5.32 Å². The number of carbonyl (C=O) groups is 2. The third kappa shape index (κ3) is 7.48. The number of hydrogen-bond donors (Lipinski definition) is 1. The zero-order valence-electron chi connectivity index (χ0n) is 19.2. The minimum atomic E-state index is -0.362. The van der Waals surface area contributed by atoms with Gasteiger partial charge < -0.3 is 10.2 Å². The first-order valence-electron chi connectivity index (χ1n) is 10.9. The second-order valence-corrected chi connectivity index (χ2v) is 8.42. The molecule has 0 atom stereocenters. The van der Waals surface area contributed by atoms with Crippen LogP contribution in [0.5, 0.6) is 0 Å². The van der Waals surface area contributed by atoms with E-state index in [0.29, 0.717) is 23.9 Å². The zero-order chi connectivity index (χ0) is 23.8. The first kappa shape index (κ1) is 24.0. The van der Waals surface area contributed by atoms with Crippen molar-refractivity contribution >= 4 is 11.8 Å². The quantitative estimate of drug-likeness (QED) is 0.511. The fourth-order valence-electron chi connectivity index (χ4n) is 3.12. The van der Waals surface area contributed by atoms with Crippen LogP contribution in [0.4, 0.5) is 4.39 Å². The van der Waals surface area contributed by atoms with Crippen LogP contribution in [-0.4, -0.2) is 50.0 Å². The first-order chi connectivity index (χ1) is 15.8. The van der Waals surface area contributed by atoms with E-state index in [9.17, 15) is 14.0 Å². The van der Waals surface area contributed by atoms with Gasteiger partial charge in [-0.3, -0.25) is 9.59 Å². The molecule has 0 aliphatic heterocycles. The molecule has 174 valence electrons. The Morgan fingerprint density at radius 1 is 1.09 bits per heavy atom. The van der Waals surface area contributed by atoms with Crippen molar-refractivity contribution < 1.29 is 14.0 Å². The number of tetrazole rings is 1. The van der Waals surface area contributed by atoms with Crippen LogP contribution in [0.2, 0.25) is 0 Å². The van der Waals surface area contributed by atoms with Crippen LogP contribution in [-0.2, 0) is 22.7 Å². The molecule has 1 aromatic heterocycles. The van der Waals surface area contributed by atoms with E-state index >= 15 is 0 Å². The molecular weight excluding hydrogens is 423 g/mol. The molecule has 0 saturated heterocycles. The van der Waals surface area contributed by atoms with E-state index < -0.39 is 0 Å². The van der Waals surface area contributed by atoms with Crippen LogP contribution >= 0.6 is 0 Å². The largest absolute Gasteiger partial charge is 0.355 e. The maximum atomic E-state index is 13.3. The number of hydrogen-bond acceptors (Lipinski definition) is 5. The Balaban J connectivity index is 1.69. The number of benzene rings is 2. The van der Waals surface area contributed by atoms with Gasteiger partial charge in [0, 0.05) is 18.7 Å². The van der Waals surface area contributed by atoms with Gasteiger partial charge in [-0.2, -0.15) is 4.80 Å². The molecule has 0 unspecified atom stereocenters. The fraction of sp³-hybridized carbons (Fsp3) is 0.375. The lowest BCUT2D eigenvalue weighted by atomic mass is 10.1. The summed E-state index contributed by atoms with van der Waals surface area (Å²) in [5.41, 5.74) is 2.63. The number of nitrogens with zero attached hydrogens (tertiary/aromatic N) is 5. The Labute approximate surface area is 192 Å². The van der Waals surface area contributed by atoms with Crippen molar-refractivity contribution in [3.8, 4) is 11.4 Å². The van der Waals surface area contributed by atoms with Crippen molar-refractivity contribution in [3.05, 3.63) is 65.5 Å². The third-order valence-electron chi connectivity index (χ3n) is 5.06. The van der Waals surface area contributed by atoms with E-state index in [1.807, 2.05) is 31.2 Å². The van der Waals surface area contributed by atoms with Gasteiger partial charge in [0.15, 0.2) is 0 Å². The van der Waals surface area contributed by atoms with Gasteiger partial charge in [-0.1, -0.05) is 55.8 Å². The number of aromatic nitrogens is 4. The van der Waals surface area contributed by atoms with Crippen LogP contribution in [0.15, 0.2) is 48.5 Å². The highest BCUT2D eigenvalue weighted by Crippen LogP contribution is 2.14. The molecule has 0 radical (unpaired) electrons. The number of halogens is 1. The van der Waals surface area contributed by atoms with Crippen molar-refractivity contribution in [1.82, 2.24) is 30.4 Å². The van der Waals surface area contributed by atoms with Gasteiger partial charge in [0.1, 0.15) is 12.4 Å². The summed E-state index contributed by atoms with van der Waals surface area (Å²) in [7, 11) is 0. The molecule has 3 aromatic rings. The summed E-state index contributed by atoms with van der Waals surface area (Å²) in [6, 6.07) is 13.5. The molecule has 1 N–H and O–H groups in total. The first-order valence-corrected chi connectivity index (χ1v) is 10.9. The SMILES string of the molecule is Cc1ccc(-c2nnn(CC(=O)N(CC(=O)NCCC(C)C)Cc3ccc(F)cc3)n2)cc1. The number of rotatable bonds is 10. The molecule has 33 heavy (non-hydrogen) atoms. The standard InChI is InChI=1S/C24H29FN6O2/c1-17(2)12-13-26-22(32)15-30(14-19-6-10-21(25)11-7-19)23(33)16-31-28-24(27-29-31)20-8-4-18(3)5-9-20/h4-11,17H,12-16H2,1-3H3,(H,26,32). The van der Waals surface area contributed by atoms with Gasteiger partial charge in [0.25, 0.3) is 0 Å². The molecule has 0 spiro atoms. The molecule has 1 heterocycles. The Morgan fingerprint density at radius 3 is 2.45 bits per heavy atom. The van der Waals surface area contributed by atoms with Crippen LogP contribution in [0.3, 0.4) is 0 Å². The van der Waals surface area contributed by atoms with E-state index in [1.54, 1.807) is 12.1 Å². The van der Waals surface area contributed by atoms with Crippen molar-refractivity contribution in [2.24, 2.45) is 5.92 Å². The highest BCUT2D eigenvalue weighted by Gasteiger charge is 2.20. The maximum absolute atomic E-state index is 13.3. The fourth-order valence-corrected chi connectivity index (χ4v) is 3.12. The predicted octanol–water partition coefficient (Wildman–Crippen LogP) is 2.98. The summed E-state index contributed by atoms with van der Waals surface area (Å²) in [6.07, 6.45) is 0.850. The average molecular weight is 453 g/mol. The van der Waals surface area contributed by atoms with Gasteiger partial charge in [0.2, 0.25) is 17.6 Å². The number of nitrogens with one attached hydrogen (secondary N) is 1. The molecule has 2 aromatic carbocycles. The van der Waals surface area contributed by atoms with E-state index in [2.05, 4.69) is 34.6 Å². The molecule has 0 bridgehead atoms. The highest BCUT2D eigenvalue weighted by atomic mass is 19.1. The average Bonchev–Trinajstić information content (AvgIpc) is 3.23. The monoisotopic (exact) mass is 452 g/mol. The second-order valence-electron chi connectivity index (χ2n) is 8.42. The van der Waals surface area contributed by atoms with Crippen LogP contribution in [0.1, 0.15) is 31.4 Å².